The van der Waals surface area contributed by atoms with Gasteiger partial charge in [0.1, 0.15) is 5.69 Å². The summed E-state index contributed by atoms with van der Waals surface area (Å²) in [5, 5.41) is 11.2. The maximum Gasteiger partial charge on any atom is 0.220 e. The molecule has 9 heteroatoms. The maximum absolute atomic E-state index is 11.6. The molecule has 0 bridgehead atoms. The Morgan fingerprint density at radius 1 is 1.09 bits per heavy atom. The average Bonchev–Trinajstić information content (AvgIpc) is 2.56. The van der Waals surface area contributed by atoms with Gasteiger partial charge in [0.2, 0.25) is 5.91 Å². The molecule has 6 N–H and O–H groups in total. The number of rotatable bonds is 11. The van der Waals surface area contributed by atoms with Crippen molar-refractivity contribution in [1.82, 2.24) is 5.32 Å². The van der Waals surface area contributed by atoms with E-state index in [1.54, 1.807) is 0 Å². The standard InChI is InChI=1S/C14H22N6O3/c15-7-3-1-2-4-12(21)18-9-8-17-11-6-5-10(19-22)13(16)14(11)20-23/h5-6,17H,1-4,7-9,15-16H2,(H,18,21). The number of benzene rings is 1. The first-order valence-corrected chi connectivity index (χ1v) is 7.43. The zero-order valence-electron chi connectivity index (χ0n) is 12.9. The van der Waals surface area contributed by atoms with Gasteiger partial charge < -0.3 is 22.1 Å². The van der Waals surface area contributed by atoms with E-state index in [0.717, 1.165) is 19.3 Å². The largest absolute Gasteiger partial charge is 0.395 e. The number of carbonyl (C=O) groups is 1. The first kappa shape index (κ1) is 18.5. The predicted molar refractivity (Wildman–Crippen MR) is 90.8 cm³/mol. The average molecular weight is 322 g/mol. The second-order valence-corrected chi connectivity index (χ2v) is 4.95. The Kier molecular flexibility index (Phi) is 8.22. The van der Waals surface area contributed by atoms with Gasteiger partial charge in [0, 0.05) is 19.5 Å². The Balaban J connectivity index is 2.39. The molecular weight excluding hydrogens is 300 g/mol. The molecule has 0 saturated carbocycles. The first-order chi connectivity index (χ1) is 11.1. The van der Waals surface area contributed by atoms with Crippen LogP contribution in [0.1, 0.15) is 25.7 Å². The zero-order valence-corrected chi connectivity index (χ0v) is 12.9. The molecule has 0 spiro atoms. The van der Waals surface area contributed by atoms with E-state index in [9.17, 15) is 14.6 Å². The van der Waals surface area contributed by atoms with Crippen molar-refractivity contribution in [3.05, 3.63) is 21.9 Å². The molecule has 0 aliphatic heterocycles. The van der Waals surface area contributed by atoms with Crippen LogP contribution in [0.4, 0.5) is 22.7 Å². The van der Waals surface area contributed by atoms with Crippen LogP contribution in [0.25, 0.3) is 0 Å². The molecule has 0 fully saturated rings. The second-order valence-electron chi connectivity index (χ2n) is 4.95. The third-order valence-electron chi connectivity index (χ3n) is 3.25. The lowest BCUT2D eigenvalue weighted by atomic mass is 10.2. The quantitative estimate of drug-likeness (QED) is 0.278. The lowest BCUT2D eigenvalue weighted by Gasteiger charge is -2.11. The van der Waals surface area contributed by atoms with E-state index in [1.165, 1.54) is 12.1 Å². The Morgan fingerprint density at radius 2 is 1.87 bits per heavy atom. The van der Waals surface area contributed by atoms with Gasteiger partial charge in [0.15, 0.2) is 5.69 Å². The Hall–Kier alpha value is -2.55. The van der Waals surface area contributed by atoms with Crippen LogP contribution in [0, 0.1) is 9.81 Å². The minimum absolute atomic E-state index is 0.0300. The Morgan fingerprint density at radius 3 is 2.52 bits per heavy atom. The fourth-order valence-electron chi connectivity index (χ4n) is 2.01. The number of carbonyl (C=O) groups excluding carboxylic acids is 1. The number of nitrogen functional groups attached to an aromatic ring is 1. The Bertz CT molecular complexity index is 550. The van der Waals surface area contributed by atoms with Gasteiger partial charge in [0.25, 0.3) is 0 Å². The normalized spacial score (nSPS) is 10.1. The molecule has 126 valence electrons. The van der Waals surface area contributed by atoms with Gasteiger partial charge in [-0.25, -0.2) is 0 Å². The molecule has 23 heavy (non-hydrogen) atoms. The highest BCUT2D eigenvalue weighted by Crippen LogP contribution is 2.38. The number of hydrogen-bond acceptors (Lipinski definition) is 8. The molecular formula is C14H22N6O3. The zero-order chi connectivity index (χ0) is 17.1. The fourth-order valence-corrected chi connectivity index (χ4v) is 2.01. The topological polar surface area (TPSA) is 152 Å². The van der Waals surface area contributed by atoms with E-state index >= 15 is 0 Å². The molecule has 0 atom stereocenters. The molecule has 9 nitrogen and oxygen atoms in total. The lowest BCUT2D eigenvalue weighted by Crippen LogP contribution is -2.28. The third-order valence-corrected chi connectivity index (χ3v) is 3.25. The highest BCUT2D eigenvalue weighted by atomic mass is 16.3. The number of amides is 1. The maximum atomic E-state index is 11.6. The van der Waals surface area contributed by atoms with Crippen LogP contribution < -0.4 is 22.1 Å². The molecule has 1 amide bonds. The van der Waals surface area contributed by atoms with Crippen LogP contribution in [0.3, 0.4) is 0 Å². The van der Waals surface area contributed by atoms with Crippen LogP contribution in [0.5, 0.6) is 0 Å². The van der Waals surface area contributed by atoms with Gasteiger partial charge >= 0.3 is 0 Å². The summed E-state index contributed by atoms with van der Waals surface area (Å²) in [7, 11) is 0. The van der Waals surface area contributed by atoms with Gasteiger partial charge in [0.05, 0.1) is 11.4 Å². The summed E-state index contributed by atoms with van der Waals surface area (Å²) >= 11 is 0. The van der Waals surface area contributed by atoms with Crippen molar-refractivity contribution >= 4 is 28.7 Å². The van der Waals surface area contributed by atoms with Crippen molar-refractivity contribution in [3.63, 3.8) is 0 Å². The van der Waals surface area contributed by atoms with Crippen LogP contribution in [0.15, 0.2) is 22.5 Å². The lowest BCUT2D eigenvalue weighted by molar-refractivity contribution is -0.121. The van der Waals surface area contributed by atoms with E-state index in [1.807, 2.05) is 0 Å². The highest BCUT2D eigenvalue weighted by Gasteiger charge is 2.12. The number of hydrogen-bond donors (Lipinski definition) is 4. The molecule has 1 rings (SSSR count). The molecule has 1 aromatic rings. The summed E-state index contributed by atoms with van der Waals surface area (Å²) in [5.74, 6) is -0.0300. The summed E-state index contributed by atoms with van der Waals surface area (Å²) in [4.78, 5) is 32.9. The molecule has 0 saturated heterocycles. The van der Waals surface area contributed by atoms with Crippen molar-refractivity contribution in [1.29, 1.82) is 0 Å². The third kappa shape index (κ3) is 5.99. The number of unbranched alkanes of at least 4 members (excludes halogenated alkanes) is 2. The minimum atomic E-state index is -0.0658. The van der Waals surface area contributed by atoms with Crippen molar-refractivity contribution in [2.24, 2.45) is 16.1 Å². The summed E-state index contributed by atoms with van der Waals surface area (Å²) < 4.78 is 0. The van der Waals surface area contributed by atoms with Crippen molar-refractivity contribution in [2.75, 3.05) is 30.7 Å². The number of nitroso groups, excluding NO2 is 2. The van der Waals surface area contributed by atoms with E-state index < -0.39 is 0 Å². The van der Waals surface area contributed by atoms with Crippen molar-refractivity contribution in [2.45, 2.75) is 25.7 Å². The van der Waals surface area contributed by atoms with Crippen molar-refractivity contribution in [3.8, 4) is 0 Å². The second kappa shape index (κ2) is 10.2. The number of anilines is 2. The smallest absolute Gasteiger partial charge is 0.220 e. The van der Waals surface area contributed by atoms with Crippen LogP contribution in [0.2, 0.25) is 0 Å². The number of nitrogens with two attached hydrogens (primary N) is 2. The van der Waals surface area contributed by atoms with Crippen LogP contribution >= 0.6 is 0 Å². The number of nitrogens with zero attached hydrogens (tertiary/aromatic N) is 2. The van der Waals surface area contributed by atoms with Gasteiger partial charge in [-0.1, -0.05) is 6.42 Å². The van der Waals surface area contributed by atoms with Gasteiger partial charge in [-0.05, 0) is 41.9 Å². The minimum Gasteiger partial charge on any atom is -0.395 e. The molecule has 0 unspecified atom stereocenters. The van der Waals surface area contributed by atoms with E-state index in [2.05, 4.69) is 21.0 Å². The monoisotopic (exact) mass is 322 g/mol. The fraction of sp³-hybridized carbons (Fsp3) is 0.500. The Labute approximate surface area is 134 Å². The van der Waals surface area contributed by atoms with E-state index in [0.29, 0.717) is 31.7 Å². The summed E-state index contributed by atoms with van der Waals surface area (Å²) in [6.45, 7) is 1.42. The molecule has 0 aliphatic carbocycles. The number of nitrogens with one attached hydrogen (secondary N) is 2. The van der Waals surface area contributed by atoms with Crippen LogP contribution in [-0.4, -0.2) is 25.5 Å². The van der Waals surface area contributed by atoms with Crippen molar-refractivity contribution < 1.29 is 4.79 Å². The molecule has 0 aliphatic rings. The van der Waals surface area contributed by atoms with Gasteiger partial charge in [-0.2, -0.15) is 0 Å². The highest BCUT2D eigenvalue weighted by molar-refractivity contribution is 5.86. The summed E-state index contributed by atoms with van der Waals surface area (Å²) in [6, 6.07) is 2.90. The van der Waals surface area contributed by atoms with E-state index in [-0.39, 0.29) is 23.0 Å². The van der Waals surface area contributed by atoms with Gasteiger partial charge in [-0.15, -0.1) is 9.81 Å². The SMILES string of the molecule is NCCCCCC(=O)NCCNc1ccc(N=O)c(N)c1N=O. The summed E-state index contributed by atoms with van der Waals surface area (Å²) in [5.41, 5.74) is 11.2. The predicted octanol–water partition coefficient (Wildman–Crippen LogP) is 2.11. The van der Waals surface area contributed by atoms with E-state index in [4.69, 9.17) is 11.5 Å². The molecule has 0 radical (unpaired) electrons. The summed E-state index contributed by atoms with van der Waals surface area (Å²) in [6.07, 6.45) is 3.14. The van der Waals surface area contributed by atoms with Gasteiger partial charge in [-0.3, -0.25) is 4.79 Å². The molecule has 1 aromatic carbocycles. The van der Waals surface area contributed by atoms with Crippen LogP contribution in [-0.2, 0) is 4.79 Å². The first-order valence-electron chi connectivity index (χ1n) is 7.43. The molecule has 0 heterocycles. The molecule has 0 aromatic heterocycles.